The lowest BCUT2D eigenvalue weighted by molar-refractivity contribution is -0.0661. The Morgan fingerprint density at radius 2 is 2.04 bits per heavy atom. The fraction of sp³-hybridized carbons (Fsp3) is 0.318. The van der Waals surface area contributed by atoms with Gasteiger partial charge in [-0.3, -0.25) is 0 Å². The molecule has 0 aromatic heterocycles. The van der Waals surface area contributed by atoms with Crippen molar-refractivity contribution in [3.05, 3.63) is 53.1 Å². The zero-order valence-electron chi connectivity index (χ0n) is 15.2. The first-order valence-electron chi connectivity index (χ1n) is 9.02. The van der Waals surface area contributed by atoms with E-state index in [9.17, 15) is 10.5 Å². The highest BCUT2D eigenvalue weighted by atomic mass is 16.5. The molecule has 0 radical (unpaired) electrons. The zero-order valence-corrected chi connectivity index (χ0v) is 15.2. The Bertz CT molecular complexity index is 1010. The molecule has 1 spiro atoms. The summed E-state index contributed by atoms with van der Waals surface area (Å²) >= 11 is 0. The van der Waals surface area contributed by atoms with Crippen molar-refractivity contribution in [2.24, 2.45) is 4.99 Å². The molecule has 5 heteroatoms. The van der Waals surface area contributed by atoms with E-state index in [1.807, 2.05) is 43.4 Å². The maximum atomic E-state index is 9.19. The summed E-state index contributed by atoms with van der Waals surface area (Å²) in [5.74, 6) is 0.749. The average molecular weight is 357 g/mol. The number of rotatable bonds is 1. The van der Waals surface area contributed by atoms with Crippen LogP contribution in [0.2, 0.25) is 0 Å². The standard InChI is InChI=1S/C22H19N3O2/c1-15-8-21-19(10-18(15)17-5-2-4-16(9-17)12-23)20(25-14-24)11-22(27-21)6-3-7-26-13-22/h2,4-5,8-10H,3,6-7,11,13H2,1H3/b25-20+. The van der Waals surface area contributed by atoms with Gasteiger partial charge in [0.25, 0.3) is 0 Å². The lowest BCUT2D eigenvalue weighted by atomic mass is 9.83. The predicted molar refractivity (Wildman–Crippen MR) is 102 cm³/mol. The molecule has 0 aliphatic carbocycles. The second-order valence-corrected chi connectivity index (χ2v) is 7.13. The van der Waals surface area contributed by atoms with Crippen molar-refractivity contribution < 1.29 is 9.47 Å². The van der Waals surface area contributed by atoms with Crippen LogP contribution in [0.5, 0.6) is 5.75 Å². The molecule has 2 heterocycles. The van der Waals surface area contributed by atoms with Gasteiger partial charge in [-0.1, -0.05) is 12.1 Å². The van der Waals surface area contributed by atoms with Gasteiger partial charge in [-0.05, 0) is 60.7 Å². The SMILES string of the molecule is Cc1cc2c(cc1-c1cccc(C#N)c1)/C(=N/C#N)CC1(CCCOC1)O2. The number of nitriles is 2. The van der Waals surface area contributed by atoms with Crippen LogP contribution in [-0.4, -0.2) is 24.5 Å². The van der Waals surface area contributed by atoms with Gasteiger partial charge in [0.2, 0.25) is 6.19 Å². The highest BCUT2D eigenvalue weighted by Gasteiger charge is 2.41. The summed E-state index contributed by atoms with van der Waals surface area (Å²) in [6, 6.07) is 13.7. The number of nitrogens with zero attached hydrogens (tertiary/aromatic N) is 3. The molecule has 0 bridgehead atoms. The zero-order chi connectivity index (χ0) is 18.9. The summed E-state index contributed by atoms with van der Waals surface area (Å²) in [6.45, 7) is 3.29. The van der Waals surface area contributed by atoms with Gasteiger partial charge < -0.3 is 9.47 Å². The van der Waals surface area contributed by atoms with Gasteiger partial charge in [-0.15, -0.1) is 0 Å². The van der Waals surface area contributed by atoms with E-state index in [-0.39, 0.29) is 0 Å². The van der Waals surface area contributed by atoms with E-state index in [2.05, 4.69) is 11.1 Å². The third-order valence-electron chi connectivity index (χ3n) is 5.23. The number of hydrogen-bond acceptors (Lipinski definition) is 5. The van der Waals surface area contributed by atoms with Crippen LogP contribution in [0.4, 0.5) is 0 Å². The molecule has 1 unspecified atom stereocenters. The Kier molecular flexibility index (Phi) is 4.39. The van der Waals surface area contributed by atoms with Crippen molar-refractivity contribution in [2.45, 2.75) is 31.8 Å². The van der Waals surface area contributed by atoms with Crippen LogP contribution in [0.15, 0.2) is 41.4 Å². The number of aliphatic imine (C=N–C) groups is 1. The summed E-state index contributed by atoms with van der Waals surface area (Å²) in [5, 5.41) is 18.4. The molecule has 1 atom stereocenters. The first-order chi connectivity index (χ1) is 13.1. The highest BCUT2D eigenvalue weighted by Crippen LogP contribution is 2.41. The quantitative estimate of drug-likeness (QED) is 0.719. The highest BCUT2D eigenvalue weighted by molar-refractivity contribution is 6.06. The van der Waals surface area contributed by atoms with Crippen LogP contribution in [0.1, 0.15) is 36.0 Å². The molecule has 0 saturated carbocycles. The Balaban J connectivity index is 1.83. The molecule has 4 rings (SSSR count). The van der Waals surface area contributed by atoms with Crippen molar-refractivity contribution in [3.63, 3.8) is 0 Å². The normalized spacial score (nSPS) is 22.6. The van der Waals surface area contributed by atoms with E-state index in [1.165, 1.54) is 0 Å². The molecule has 5 nitrogen and oxygen atoms in total. The van der Waals surface area contributed by atoms with Crippen LogP contribution in [0, 0.1) is 29.7 Å². The molecule has 27 heavy (non-hydrogen) atoms. The summed E-state index contributed by atoms with van der Waals surface area (Å²) in [4.78, 5) is 4.11. The Morgan fingerprint density at radius 3 is 2.78 bits per heavy atom. The summed E-state index contributed by atoms with van der Waals surface area (Å²) in [7, 11) is 0. The second kappa shape index (κ2) is 6.87. The smallest absolute Gasteiger partial charge is 0.205 e. The van der Waals surface area contributed by atoms with Gasteiger partial charge in [-0.25, -0.2) is 0 Å². The number of fused-ring (bicyclic) bond motifs is 1. The number of aryl methyl sites for hydroxylation is 1. The molecule has 0 amide bonds. The van der Waals surface area contributed by atoms with Crippen molar-refractivity contribution in [1.29, 1.82) is 10.5 Å². The molecular weight excluding hydrogens is 338 g/mol. The van der Waals surface area contributed by atoms with E-state index in [0.29, 0.717) is 18.6 Å². The maximum Gasteiger partial charge on any atom is 0.205 e. The Morgan fingerprint density at radius 1 is 1.15 bits per heavy atom. The van der Waals surface area contributed by atoms with E-state index in [1.54, 1.807) is 6.07 Å². The minimum Gasteiger partial charge on any atom is -0.484 e. The lowest BCUT2D eigenvalue weighted by Crippen LogP contribution is -2.48. The molecule has 2 aliphatic rings. The van der Waals surface area contributed by atoms with E-state index in [0.717, 1.165) is 53.2 Å². The molecule has 0 N–H and O–H groups in total. The Labute approximate surface area is 158 Å². The lowest BCUT2D eigenvalue weighted by Gasteiger charge is -2.41. The Hall–Kier alpha value is -3.15. The number of benzene rings is 2. The van der Waals surface area contributed by atoms with Gasteiger partial charge >= 0.3 is 0 Å². The molecular formula is C22H19N3O2. The second-order valence-electron chi connectivity index (χ2n) is 7.13. The van der Waals surface area contributed by atoms with Crippen molar-refractivity contribution >= 4 is 5.71 Å². The van der Waals surface area contributed by atoms with Crippen molar-refractivity contribution in [3.8, 4) is 29.1 Å². The van der Waals surface area contributed by atoms with E-state index >= 15 is 0 Å². The summed E-state index contributed by atoms with van der Waals surface area (Å²) < 4.78 is 12.0. The first-order valence-corrected chi connectivity index (χ1v) is 9.02. The van der Waals surface area contributed by atoms with Gasteiger partial charge in [-0.2, -0.15) is 15.5 Å². The van der Waals surface area contributed by atoms with E-state index in [4.69, 9.17) is 9.47 Å². The largest absolute Gasteiger partial charge is 0.484 e. The van der Waals surface area contributed by atoms with Crippen LogP contribution in [-0.2, 0) is 4.74 Å². The molecule has 2 aromatic rings. The number of ether oxygens (including phenoxy) is 2. The summed E-state index contributed by atoms with van der Waals surface area (Å²) in [5.41, 5.74) is 4.79. The third-order valence-corrected chi connectivity index (χ3v) is 5.23. The van der Waals surface area contributed by atoms with Crippen LogP contribution in [0.3, 0.4) is 0 Å². The molecule has 2 aliphatic heterocycles. The fourth-order valence-corrected chi connectivity index (χ4v) is 3.94. The molecule has 2 aromatic carbocycles. The molecule has 134 valence electrons. The van der Waals surface area contributed by atoms with Crippen LogP contribution < -0.4 is 4.74 Å². The van der Waals surface area contributed by atoms with E-state index < -0.39 is 5.60 Å². The van der Waals surface area contributed by atoms with Gasteiger partial charge in [0.1, 0.15) is 11.4 Å². The molecule has 1 saturated heterocycles. The van der Waals surface area contributed by atoms with Gasteiger partial charge in [0, 0.05) is 18.6 Å². The summed E-state index contributed by atoms with van der Waals surface area (Å²) in [6.07, 6.45) is 4.33. The average Bonchev–Trinajstić information content (AvgIpc) is 2.68. The first kappa shape index (κ1) is 17.3. The van der Waals surface area contributed by atoms with Gasteiger partial charge in [0.15, 0.2) is 0 Å². The van der Waals surface area contributed by atoms with Crippen molar-refractivity contribution in [2.75, 3.05) is 13.2 Å². The van der Waals surface area contributed by atoms with Crippen LogP contribution in [0.25, 0.3) is 11.1 Å². The minimum absolute atomic E-state index is 0.435. The van der Waals surface area contributed by atoms with Crippen LogP contribution >= 0.6 is 0 Å². The maximum absolute atomic E-state index is 9.19. The fourth-order valence-electron chi connectivity index (χ4n) is 3.94. The molecule has 1 fully saturated rings. The predicted octanol–water partition coefficient (Wildman–Crippen LogP) is 4.14. The minimum atomic E-state index is -0.435. The topological polar surface area (TPSA) is 78.4 Å². The van der Waals surface area contributed by atoms with Crippen molar-refractivity contribution in [1.82, 2.24) is 0 Å². The number of hydrogen-bond donors (Lipinski definition) is 0. The van der Waals surface area contributed by atoms with Gasteiger partial charge in [0.05, 0.1) is 24.0 Å². The monoisotopic (exact) mass is 357 g/mol. The third kappa shape index (κ3) is 3.18.